The lowest BCUT2D eigenvalue weighted by Crippen LogP contribution is -2.31. The van der Waals surface area contributed by atoms with Gasteiger partial charge in [-0.05, 0) is 19.9 Å². The van der Waals surface area contributed by atoms with Crippen LogP contribution in [0.4, 0.5) is 4.39 Å². The first-order valence-electron chi connectivity index (χ1n) is 4.72. The van der Waals surface area contributed by atoms with Crippen molar-refractivity contribution >= 4 is 0 Å². The molecule has 0 amide bonds. The number of hydrogen-bond acceptors (Lipinski definition) is 2. The minimum atomic E-state index is -0.232. The summed E-state index contributed by atoms with van der Waals surface area (Å²) in [4.78, 5) is 0. The van der Waals surface area contributed by atoms with Crippen molar-refractivity contribution in [2.75, 3.05) is 0 Å². The summed E-state index contributed by atoms with van der Waals surface area (Å²) in [5.74, 6) is -0.232. The Balaban J connectivity index is 2.50. The molecule has 0 spiro atoms. The summed E-state index contributed by atoms with van der Waals surface area (Å²) in [5.41, 5.74) is 6.19. The molecule has 2 N–H and O–H groups in total. The van der Waals surface area contributed by atoms with Crippen molar-refractivity contribution in [2.24, 2.45) is 5.73 Å². The first kappa shape index (κ1) is 11.1. The van der Waals surface area contributed by atoms with E-state index >= 15 is 0 Å². The quantitative estimate of drug-likeness (QED) is 0.802. The van der Waals surface area contributed by atoms with Crippen molar-refractivity contribution in [2.45, 2.75) is 32.6 Å². The van der Waals surface area contributed by atoms with E-state index in [-0.39, 0.29) is 24.6 Å². The van der Waals surface area contributed by atoms with Gasteiger partial charge in [-0.3, -0.25) is 0 Å². The standard InChI is InChI=1S/C11H16FNO/c1-8(13)9(2)14-7-10-5-3-4-6-11(10)12/h3-6,8-9H,7,13H2,1-2H3. The Kier molecular flexibility index (Phi) is 4.04. The van der Waals surface area contributed by atoms with Gasteiger partial charge in [-0.2, -0.15) is 0 Å². The Morgan fingerprint density at radius 1 is 1.36 bits per heavy atom. The van der Waals surface area contributed by atoms with Gasteiger partial charge in [-0.1, -0.05) is 18.2 Å². The van der Waals surface area contributed by atoms with Gasteiger partial charge in [0.05, 0.1) is 12.7 Å². The molecule has 0 heterocycles. The second kappa shape index (κ2) is 5.08. The van der Waals surface area contributed by atoms with E-state index in [9.17, 15) is 4.39 Å². The molecule has 0 aliphatic carbocycles. The third-order valence-electron chi connectivity index (χ3n) is 2.20. The fourth-order valence-electron chi connectivity index (χ4n) is 0.988. The molecular weight excluding hydrogens is 181 g/mol. The van der Waals surface area contributed by atoms with Crippen LogP contribution in [0.5, 0.6) is 0 Å². The average molecular weight is 197 g/mol. The maximum absolute atomic E-state index is 13.1. The van der Waals surface area contributed by atoms with Crippen molar-refractivity contribution in [1.29, 1.82) is 0 Å². The highest BCUT2D eigenvalue weighted by Crippen LogP contribution is 2.09. The van der Waals surface area contributed by atoms with Gasteiger partial charge in [0.2, 0.25) is 0 Å². The largest absolute Gasteiger partial charge is 0.372 e. The van der Waals surface area contributed by atoms with Crippen LogP contribution < -0.4 is 5.73 Å². The molecule has 14 heavy (non-hydrogen) atoms. The topological polar surface area (TPSA) is 35.2 Å². The highest BCUT2D eigenvalue weighted by Gasteiger charge is 2.08. The maximum Gasteiger partial charge on any atom is 0.128 e. The minimum absolute atomic E-state index is 0.0400. The molecule has 0 saturated carbocycles. The fraction of sp³-hybridized carbons (Fsp3) is 0.455. The molecule has 0 aliphatic heterocycles. The monoisotopic (exact) mass is 197 g/mol. The van der Waals surface area contributed by atoms with Crippen LogP contribution >= 0.6 is 0 Å². The Hall–Kier alpha value is -0.930. The molecule has 1 aromatic carbocycles. The molecule has 0 aromatic heterocycles. The van der Waals surface area contributed by atoms with Gasteiger partial charge in [0.1, 0.15) is 5.82 Å². The first-order chi connectivity index (χ1) is 6.61. The SMILES string of the molecule is CC(N)C(C)OCc1ccccc1F. The number of benzene rings is 1. The number of hydrogen-bond donors (Lipinski definition) is 1. The van der Waals surface area contributed by atoms with Crippen LogP contribution in [-0.4, -0.2) is 12.1 Å². The van der Waals surface area contributed by atoms with Gasteiger partial charge in [-0.15, -0.1) is 0 Å². The molecule has 2 unspecified atom stereocenters. The van der Waals surface area contributed by atoms with Crippen molar-refractivity contribution in [1.82, 2.24) is 0 Å². The van der Waals surface area contributed by atoms with Crippen LogP contribution in [0, 0.1) is 5.82 Å². The van der Waals surface area contributed by atoms with Crippen LogP contribution in [0.2, 0.25) is 0 Å². The van der Waals surface area contributed by atoms with Gasteiger partial charge < -0.3 is 10.5 Å². The average Bonchev–Trinajstić information content (AvgIpc) is 2.16. The predicted molar refractivity (Wildman–Crippen MR) is 54.3 cm³/mol. The van der Waals surface area contributed by atoms with E-state index in [0.29, 0.717) is 5.56 Å². The Morgan fingerprint density at radius 3 is 2.57 bits per heavy atom. The Labute approximate surface area is 83.9 Å². The van der Waals surface area contributed by atoms with E-state index in [2.05, 4.69) is 0 Å². The number of ether oxygens (including phenoxy) is 1. The lowest BCUT2D eigenvalue weighted by Gasteiger charge is -2.16. The summed E-state index contributed by atoms with van der Waals surface area (Å²) < 4.78 is 18.5. The number of halogens is 1. The van der Waals surface area contributed by atoms with Crippen LogP contribution in [-0.2, 0) is 11.3 Å². The van der Waals surface area contributed by atoms with E-state index in [1.807, 2.05) is 13.8 Å². The summed E-state index contributed by atoms with van der Waals surface area (Å²) in [7, 11) is 0. The van der Waals surface area contributed by atoms with E-state index in [1.54, 1.807) is 18.2 Å². The highest BCUT2D eigenvalue weighted by atomic mass is 19.1. The van der Waals surface area contributed by atoms with Crippen LogP contribution in [0.1, 0.15) is 19.4 Å². The zero-order valence-corrected chi connectivity index (χ0v) is 8.53. The lowest BCUT2D eigenvalue weighted by molar-refractivity contribution is 0.0383. The number of nitrogens with two attached hydrogens (primary N) is 1. The third-order valence-corrected chi connectivity index (χ3v) is 2.20. The molecule has 0 aliphatic rings. The summed E-state index contributed by atoms with van der Waals surface area (Å²) in [6, 6.07) is 6.55. The third kappa shape index (κ3) is 3.09. The minimum Gasteiger partial charge on any atom is -0.372 e. The molecule has 0 saturated heterocycles. The number of rotatable bonds is 4. The molecule has 1 rings (SSSR count). The van der Waals surface area contributed by atoms with E-state index < -0.39 is 0 Å². The smallest absolute Gasteiger partial charge is 0.128 e. The van der Waals surface area contributed by atoms with Crippen molar-refractivity contribution in [3.63, 3.8) is 0 Å². The zero-order chi connectivity index (χ0) is 10.6. The van der Waals surface area contributed by atoms with E-state index in [1.165, 1.54) is 6.07 Å². The highest BCUT2D eigenvalue weighted by molar-refractivity contribution is 5.16. The van der Waals surface area contributed by atoms with Crippen molar-refractivity contribution in [3.8, 4) is 0 Å². The maximum atomic E-state index is 13.1. The molecule has 2 nitrogen and oxygen atoms in total. The summed E-state index contributed by atoms with van der Waals surface area (Å²) in [5, 5.41) is 0. The normalized spacial score (nSPS) is 15.1. The van der Waals surface area contributed by atoms with Crippen LogP contribution in [0.3, 0.4) is 0 Å². The summed E-state index contributed by atoms with van der Waals surface area (Å²) in [6.07, 6.45) is -0.0605. The second-order valence-electron chi connectivity index (χ2n) is 3.47. The van der Waals surface area contributed by atoms with Gasteiger partial charge in [0, 0.05) is 11.6 Å². The van der Waals surface area contributed by atoms with Gasteiger partial charge in [0.15, 0.2) is 0 Å². The van der Waals surface area contributed by atoms with E-state index in [0.717, 1.165) is 0 Å². The molecule has 3 heteroatoms. The Bertz CT molecular complexity index is 288. The molecular formula is C11H16FNO. The summed E-state index contributed by atoms with van der Waals surface area (Å²) >= 11 is 0. The van der Waals surface area contributed by atoms with E-state index in [4.69, 9.17) is 10.5 Å². The van der Waals surface area contributed by atoms with Gasteiger partial charge >= 0.3 is 0 Å². The molecule has 78 valence electrons. The van der Waals surface area contributed by atoms with Gasteiger partial charge in [-0.25, -0.2) is 4.39 Å². The first-order valence-corrected chi connectivity index (χ1v) is 4.72. The summed E-state index contributed by atoms with van der Waals surface area (Å²) in [6.45, 7) is 4.02. The molecule has 0 bridgehead atoms. The molecule has 0 fully saturated rings. The fourth-order valence-corrected chi connectivity index (χ4v) is 0.988. The van der Waals surface area contributed by atoms with Crippen LogP contribution in [0.15, 0.2) is 24.3 Å². The molecule has 1 aromatic rings. The predicted octanol–water partition coefficient (Wildman–Crippen LogP) is 2.08. The zero-order valence-electron chi connectivity index (χ0n) is 8.53. The molecule has 0 radical (unpaired) electrons. The van der Waals surface area contributed by atoms with Crippen molar-refractivity contribution < 1.29 is 9.13 Å². The lowest BCUT2D eigenvalue weighted by atomic mass is 10.2. The van der Waals surface area contributed by atoms with Gasteiger partial charge in [0.25, 0.3) is 0 Å². The molecule has 2 atom stereocenters. The second-order valence-corrected chi connectivity index (χ2v) is 3.47. The van der Waals surface area contributed by atoms with Crippen molar-refractivity contribution in [3.05, 3.63) is 35.6 Å². The van der Waals surface area contributed by atoms with Crippen LogP contribution in [0.25, 0.3) is 0 Å². The Morgan fingerprint density at radius 2 is 2.00 bits per heavy atom.